The van der Waals surface area contributed by atoms with E-state index in [1.807, 2.05) is 0 Å². The zero-order valence-electron chi connectivity index (χ0n) is 8.08. The average molecular weight is 248 g/mol. The van der Waals surface area contributed by atoms with Crippen molar-refractivity contribution in [3.63, 3.8) is 0 Å². The summed E-state index contributed by atoms with van der Waals surface area (Å²) in [6.07, 6.45) is -5.00. The van der Waals surface area contributed by atoms with Gasteiger partial charge in [-0.25, -0.2) is 0 Å². The minimum atomic E-state index is -2.50. The molecule has 0 spiro atoms. The topological polar surface area (TPSA) is 18.5 Å². The normalized spacial score (nSPS) is 16.5. The van der Waals surface area contributed by atoms with Gasteiger partial charge < -0.3 is 9.47 Å². The van der Waals surface area contributed by atoms with Crippen LogP contribution in [0, 0.1) is 0 Å². The molecule has 0 amide bonds. The zero-order valence-corrected chi connectivity index (χ0v) is 8.08. The highest BCUT2D eigenvalue weighted by Gasteiger charge is 2.34. The van der Waals surface area contributed by atoms with E-state index in [1.165, 1.54) is 13.8 Å². The molecule has 0 saturated heterocycles. The molecular formula is C8H6F6O2. The monoisotopic (exact) mass is 248 g/mol. The lowest BCUT2D eigenvalue weighted by Gasteiger charge is -2.15. The van der Waals surface area contributed by atoms with Crippen LogP contribution >= 0.6 is 0 Å². The minimum absolute atomic E-state index is 0.472. The molecule has 1 heterocycles. The van der Waals surface area contributed by atoms with Gasteiger partial charge >= 0.3 is 24.2 Å². The summed E-state index contributed by atoms with van der Waals surface area (Å²) in [5.74, 6) is -1.19. The largest absolute Gasteiger partial charge is 0.424 e. The summed E-state index contributed by atoms with van der Waals surface area (Å²) >= 11 is 0. The summed E-state index contributed by atoms with van der Waals surface area (Å²) in [7, 11) is 0. The first kappa shape index (κ1) is 14.4. The molecule has 0 unspecified atom stereocenters. The fourth-order valence-electron chi connectivity index (χ4n) is 0.604. The predicted molar refractivity (Wildman–Crippen MR) is 40.5 cm³/mol. The highest BCUT2D eigenvalue weighted by molar-refractivity contribution is 4.91. The molecule has 0 radical (unpaired) electrons. The Bertz CT molecular complexity index is 318. The van der Waals surface area contributed by atoms with Gasteiger partial charge in [-0.2, -0.15) is 26.3 Å². The molecule has 1 aliphatic rings. The fourth-order valence-corrected chi connectivity index (χ4v) is 0.604. The van der Waals surface area contributed by atoms with Crippen LogP contribution in [0.5, 0.6) is 0 Å². The second-order valence-electron chi connectivity index (χ2n) is 2.80. The summed E-state index contributed by atoms with van der Waals surface area (Å²) < 4.78 is 74.9. The number of ether oxygens (including phenoxy) is 2. The highest BCUT2D eigenvalue weighted by atomic mass is 19.3. The average Bonchev–Trinajstić information content (AvgIpc) is 2.21. The van der Waals surface area contributed by atoms with Crippen molar-refractivity contribution in [1.29, 1.82) is 0 Å². The molecule has 0 aromatic heterocycles. The highest BCUT2D eigenvalue weighted by Crippen LogP contribution is 2.31. The van der Waals surface area contributed by atoms with Crippen LogP contribution in [0.2, 0.25) is 0 Å². The molecule has 16 heavy (non-hydrogen) atoms. The van der Waals surface area contributed by atoms with Crippen LogP contribution in [0.4, 0.5) is 26.3 Å². The second kappa shape index (κ2) is 5.50. The molecule has 0 aliphatic carbocycles. The Kier molecular flexibility index (Phi) is 4.97. The summed E-state index contributed by atoms with van der Waals surface area (Å²) in [5.41, 5.74) is 0.472. The van der Waals surface area contributed by atoms with Crippen molar-refractivity contribution >= 4 is 0 Å². The predicted octanol–water partition coefficient (Wildman–Crippen LogP) is 3.98. The molecule has 2 nitrogen and oxygen atoms in total. The van der Waals surface area contributed by atoms with E-state index in [9.17, 15) is 26.3 Å². The molecule has 1 aliphatic heterocycles. The molecule has 8 heteroatoms. The lowest BCUT2D eigenvalue weighted by Crippen LogP contribution is -2.20. The van der Waals surface area contributed by atoms with Crippen molar-refractivity contribution in [2.24, 2.45) is 0 Å². The van der Waals surface area contributed by atoms with Crippen LogP contribution < -0.4 is 0 Å². The van der Waals surface area contributed by atoms with Gasteiger partial charge in [0, 0.05) is 19.6 Å². The SMILES string of the molecule is CC1(C)OC(F)=C(F)O1.FC(F)=C=C(F)F. The van der Waals surface area contributed by atoms with E-state index in [2.05, 4.69) is 9.47 Å². The van der Waals surface area contributed by atoms with E-state index in [0.29, 0.717) is 5.73 Å². The van der Waals surface area contributed by atoms with Crippen LogP contribution in [0.3, 0.4) is 0 Å². The van der Waals surface area contributed by atoms with Crippen molar-refractivity contribution in [3.05, 3.63) is 29.9 Å². The van der Waals surface area contributed by atoms with Gasteiger partial charge in [-0.15, -0.1) is 0 Å². The molecular weight excluding hydrogens is 242 g/mol. The molecule has 0 N–H and O–H groups in total. The molecule has 0 bridgehead atoms. The third kappa shape index (κ3) is 6.02. The molecule has 0 aromatic carbocycles. The first-order chi connectivity index (χ1) is 7.14. The molecule has 0 saturated carbocycles. The Morgan fingerprint density at radius 1 is 0.938 bits per heavy atom. The van der Waals surface area contributed by atoms with Crippen LogP contribution in [-0.2, 0) is 9.47 Å². The Hall–Kier alpha value is -1.56. The van der Waals surface area contributed by atoms with Crippen molar-refractivity contribution < 1.29 is 35.8 Å². The van der Waals surface area contributed by atoms with Gasteiger partial charge in [0.1, 0.15) is 0 Å². The van der Waals surface area contributed by atoms with Crippen molar-refractivity contribution in [3.8, 4) is 0 Å². The lowest BCUT2D eigenvalue weighted by atomic mass is 10.4. The number of halogens is 6. The zero-order chi connectivity index (χ0) is 12.9. The van der Waals surface area contributed by atoms with Crippen molar-refractivity contribution in [2.75, 3.05) is 0 Å². The van der Waals surface area contributed by atoms with E-state index >= 15 is 0 Å². The van der Waals surface area contributed by atoms with Crippen LogP contribution in [-0.4, -0.2) is 5.79 Å². The summed E-state index contributed by atoms with van der Waals surface area (Å²) in [5, 5.41) is 0. The summed E-state index contributed by atoms with van der Waals surface area (Å²) in [6.45, 7) is 2.83. The van der Waals surface area contributed by atoms with E-state index in [4.69, 9.17) is 0 Å². The Balaban J connectivity index is 0.000000293. The van der Waals surface area contributed by atoms with Crippen molar-refractivity contribution in [1.82, 2.24) is 0 Å². The standard InChI is InChI=1S/C5H6F2O2.C3F4/c1-5(2)8-3(6)4(7)9-5;4-2(5)1-3(6)7/h1-2H3;. The Morgan fingerprint density at radius 2 is 1.25 bits per heavy atom. The first-order valence-corrected chi connectivity index (χ1v) is 3.70. The third-order valence-corrected chi connectivity index (χ3v) is 1.01. The number of hydrogen-bond donors (Lipinski definition) is 0. The lowest BCUT2D eigenvalue weighted by molar-refractivity contribution is -0.139. The quantitative estimate of drug-likeness (QED) is 0.476. The van der Waals surface area contributed by atoms with E-state index in [-0.39, 0.29) is 0 Å². The van der Waals surface area contributed by atoms with E-state index in [1.54, 1.807) is 0 Å². The van der Waals surface area contributed by atoms with E-state index in [0.717, 1.165) is 0 Å². The van der Waals surface area contributed by atoms with Gasteiger partial charge in [0.05, 0.1) is 0 Å². The van der Waals surface area contributed by atoms with Crippen LogP contribution in [0.1, 0.15) is 13.8 Å². The maximum Gasteiger partial charge on any atom is 0.350 e. The maximum absolute atomic E-state index is 12.0. The van der Waals surface area contributed by atoms with Crippen molar-refractivity contribution in [2.45, 2.75) is 19.6 Å². The van der Waals surface area contributed by atoms with Gasteiger partial charge in [-0.3, -0.25) is 0 Å². The van der Waals surface area contributed by atoms with E-state index < -0.39 is 30.0 Å². The maximum atomic E-state index is 12.0. The Labute approximate surface area is 86.4 Å². The van der Waals surface area contributed by atoms with Gasteiger partial charge in [0.25, 0.3) is 5.79 Å². The molecule has 0 atom stereocenters. The van der Waals surface area contributed by atoms with Gasteiger partial charge in [0.2, 0.25) is 0 Å². The number of rotatable bonds is 0. The second-order valence-corrected chi connectivity index (χ2v) is 2.80. The fraction of sp³-hybridized carbons (Fsp3) is 0.375. The molecule has 0 fully saturated rings. The molecule has 92 valence electrons. The number of hydrogen-bond acceptors (Lipinski definition) is 2. The smallest absolute Gasteiger partial charge is 0.350 e. The van der Waals surface area contributed by atoms with Crippen LogP contribution in [0.15, 0.2) is 29.9 Å². The molecule has 1 rings (SSSR count). The summed E-state index contributed by atoms with van der Waals surface area (Å²) in [6, 6.07) is -2.56. The van der Waals surface area contributed by atoms with Gasteiger partial charge in [-0.05, 0) is 0 Å². The van der Waals surface area contributed by atoms with Gasteiger partial charge in [-0.1, -0.05) is 0 Å². The van der Waals surface area contributed by atoms with Crippen LogP contribution in [0.25, 0.3) is 0 Å². The third-order valence-electron chi connectivity index (χ3n) is 1.01. The molecule has 0 aromatic rings. The van der Waals surface area contributed by atoms with Gasteiger partial charge in [0.15, 0.2) is 0 Å². The Morgan fingerprint density at radius 3 is 1.31 bits per heavy atom. The summed E-state index contributed by atoms with van der Waals surface area (Å²) in [4.78, 5) is 0. The first-order valence-electron chi connectivity index (χ1n) is 3.70. The minimum Gasteiger partial charge on any atom is -0.424 e.